The molecular weight excluding hydrogens is 382 g/mol. The molecule has 1 heterocycles. The normalized spacial score (nSPS) is 20.7. The number of ketones is 1. The van der Waals surface area contributed by atoms with E-state index in [0.717, 1.165) is 11.3 Å². The number of hydrogen-bond acceptors (Lipinski definition) is 7. The van der Waals surface area contributed by atoms with E-state index >= 15 is 0 Å². The molecule has 1 atom stereocenters. The molecule has 0 unspecified atom stereocenters. The molecule has 0 saturated carbocycles. The average molecular weight is 412 g/mol. The fourth-order valence-electron chi connectivity index (χ4n) is 4.38. The fraction of sp³-hybridized carbons (Fsp3) is 0.478. The number of nitriles is 1. The van der Waals surface area contributed by atoms with Gasteiger partial charge in [-0.1, -0.05) is 19.9 Å². The highest BCUT2D eigenvalue weighted by atomic mass is 16.5. The van der Waals surface area contributed by atoms with Gasteiger partial charge in [-0.3, -0.25) is 4.79 Å². The summed E-state index contributed by atoms with van der Waals surface area (Å²) in [5, 5.41) is 10.0. The molecule has 160 valence electrons. The maximum absolute atomic E-state index is 13.3. The van der Waals surface area contributed by atoms with Crippen molar-refractivity contribution >= 4 is 5.78 Å². The van der Waals surface area contributed by atoms with Crippen molar-refractivity contribution in [1.82, 2.24) is 4.90 Å². The number of ether oxygens (including phenoxy) is 3. The predicted octanol–water partition coefficient (Wildman–Crippen LogP) is 3.09. The molecule has 1 aliphatic carbocycles. The van der Waals surface area contributed by atoms with Crippen LogP contribution in [0.1, 0.15) is 38.2 Å². The summed E-state index contributed by atoms with van der Waals surface area (Å²) in [6.45, 7) is 5.07. The zero-order valence-corrected chi connectivity index (χ0v) is 18.2. The van der Waals surface area contributed by atoms with Crippen LogP contribution in [0.25, 0.3) is 0 Å². The Kier molecular flexibility index (Phi) is 6.09. The zero-order chi connectivity index (χ0) is 22.1. The second-order valence-corrected chi connectivity index (χ2v) is 8.40. The predicted molar refractivity (Wildman–Crippen MR) is 113 cm³/mol. The minimum atomic E-state index is -0.535. The number of nitrogens with two attached hydrogens (primary N) is 1. The van der Waals surface area contributed by atoms with Crippen LogP contribution in [0.2, 0.25) is 0 Å². The van der Waals surface area contributed by atoms with Gasteiger partial charge in [-0.05, 0) is 29.5 Å². The molecule has 3 rings (SSSR count). The first-order valence-electron chi connectivity index (χ1n) is 9.92. The third kappa shape index (κ3) is 3.75. The molecule has 0 fully saturated rings. The van der Waals surface area contributed by atoms with Gasteiger partial charge < -0.3 is 24.8 Å². The Bertz CT molecular complexity index is 956. The molecule has 1 aliphatic heterocycles. The number of carbonyl (C=O) groups is 1. The van der Waals surface area contributed by atoms with Gasteiger partial charge in [0.25, 0.3) is 0 Å². The molecule has 0 amide bonds. The summed E-state index contributed by atoms with van der Waals surface area (Å²) in [6.07, 6.45) is 1.12. The number of nitrogens with zero attached hydrogens (tertiary/aromatic N) is 2. The van der Waals surface area contributed by atoms with E-state index in [0.29, 0.717) is 54.5 Å². The van der Waals surface area contributed by atoms with Crippen molar-refractivity contribution in [3.8, 4) is 17.6 Å². The molecule has 7 heteroatoms. The highest BCUT2D eigenvalue weighted by Crippen LogP contribution is 2.49. The number of hydrogen-bond donors (Lipinski definition) is 1. The Morgan fingerprint density at radius 2 is 1.90 bits per heavy atom. The van der Waals surface area contributed by atoms with Crippen LogP contribution in [0.4, 0.5) is 0 Å². The van der Waals surface area contributed by atoms with Crippen molar-refractivity contribution in [1.29, 1.82) is 5.26 Å². The lowest BCUT2D eigenvalue weighted by Crippen LogP contribution is -2.43. The number of rotatable bonds is 6. The topological polar surface area (TPSA) is 97.8 Å². The molecule has 7 nitrogen and oxygen atoms in total. The maximum atomic E-state index is 13.3. The second kappa shape index (κ2) is 8.41. The summed E-state index contributed by atoms with van der Waals surface area (Å²) < 4.78 is 16.0. The van der Waals surface area contributed by atoms with Gasteiger partial charge >= 0.3 is 0 Å². The van der Waals surface area contributed by atoms with Crippen LogP contribution in [0.3, 0.4) is 0 Å². The average Bonchev–Trinajstić information content (AvgIpc) is 2.71. The van der Waals surface area contributed by atoms with Gasteiger partial charge in [-0.2, -0.15) is 5.26 Å². The summed E-state index contributed by atoms with van der Waals surface area (Å²) in [7, 11) is 4.74. The Hall–Kier alpha value is -2.98. The van der Waals surface area contributed by atoms with Crippen molar-refractivity contribution in [2.24, 2.45) is 11.1 Å². The molecule has 0 saturated heterocycles. The van der Waals surface area contributed by atoms with E-state index < -0.39 is 5.92 Å². The quantitative estimate of drug-likeness (QED) is 0.768. The summed E-state index contributed by atoms with van der Waals surface area (Å²) in [5.74, 6) is 1.01. The summed E-state index contributed by atoms with van der Waals surface area (Å²) in [6, 6.07) is 7.72. The molecule has 1 aromatic carbocycles. The Balaban J connectivity index is 2.23. The largest absolute Gasteiger partial charge is 0.493 e. The monoisotopic (exact) mass is 411 g/mol. The van der Waals surface area contributed by atoms with Gasteiger partial charge in [0.05, 0.1) is 38.4 Å². The van der Waals surface area contributed by atoms with Gasteiger partial charge in [0.1, 0.15) is 5.82 Å². The minimum Gasteiger partial charge on any atom is -0.493 e. The lowest BCUT2D eigenvalue weighted by atomic mass is 9.68. The number of carbonyl (C=O) groups excluding carboxylic acids is 1. The highest BCUT2D eigenvalue weighted by molar-refractivity contribution is 6.00. The molecule has 0 radical (unpaired) electrons. The molecular formula is C23H29N3O4. The Labute approximate surface area is 177 Å². The SMILES string of the molecule is COCCN1C(N)=C(C#N)[C@H](c2ccc(OC)c(OC)c2)C2=C1CC(C)(C)CC2=O. The minimum absolute atomic E-state index is 0.0451. The van der Waals surface area contributed by atoms with Crippen molar-refractivity contribution in [3.05, 3.63) is 46.4 Å². The van der Waals surface area contributed by atoms with Crippen molar-refractivity contribution in [2.45, 2.75) is 32.6 Å². The van der Waals surface area contributed by atoms with Crippen LogP contribution in [0.5, 0.6) is 11.5 Å². The zero-order valence-electron chi connectivity index (χ0n) is 18.2. The summed E-state index contributed by atoms with van der Waals surface area (Å²) in [5.41, 5.74) is 8.97. The molecule has 2 aliphatic rings. The fourth-order valence-corrected chi connectivity index (χ4v) is 4.38. The molecule has 1 aromatic rings. The summed E-state index contributed by atoms with van der Waals surface area (Å²) in [4.78, 5) is 15.2. The first kappa shape index (κ1) is 21.7. The molecule has 30 heavy (non-hydrogen) atoms. The lowest BCUT2D eigenvalue weighted by Gasteiger charge is -2.43. The Morgan fingerprint density at radius 1 is 1.20 bits per heavy atom. The van der Waals surface area contributed by atoms with Crippen LogP contribution in [0, 0.1) is 16.7 Å². The van der Waals surface area contributed by atoms with Gasteiger partial charge in [0.15, 0.2) is 17.3 Å². The summed E-state index contributed by atoms with van der Waals surface area (Å²) >= 11 is 0. The highest BCUT2D eigenvalue weighted by Gasteiger charge is 2.44. The van der Waals surface area contributed by atoms with E-state index in [9.17, 15) is 10.1 Å². The van der Waals surface area contributed by atoms with Gasteiger partial charge in [-0.15, -0.1) is 0 Å². The van der Waals surface area contributed by atoms with E-state index in [1.807, 2.05) is 17.0 Å². The van der Waals surface area contributed by atoms with Crippen molar-refractivity contribution in [2.75, 3.05) is 34.5 Å². The molecule has 0 bridgehead atoms. The molecule has 0 spiro atoms. The second-order valence-electron chi connectivity index (χ2n) is 8.40. The number of allylic oxidation sites excluding steroid dienone is 3. The maximum Gasteiger partial charge on any atom is 0.162 e. The number of methoxy groups -OCH3 is 3. The molecule has 2 N–H and O–H groups in total. The smallest absolute Gasteiger partial charge is 0.162 e. The van der Waals surface area contributed by atoms with Crippen LogP contribution in [0.15, 0.2) is 40.9 Å². The number of benzene rings is 1. The first-order chi connectivity index (χ1) is 14.3. The van der Waals surface area contributed by atoms with E-state index in [1.165, 1.54) is 0 Å². The van der Waals surface area contributed by atoms with E-state index in [-0.39, 0.29) is 11.2 Å². The van der Waals surface area contributed by atoms with Crippen molar-refractivity contribution in [3.63, 3.8) is 0 Å². The van der Waals surface area contributed by atoms with Crippen LogP contribution < -0.4 is 15.2 Å². The lowest BCUT2D eigenvalue weighted by molar-refractivity contribution is -0.118. The Morgan fingerprint density at radius 3 is 2.50 bits per heavy atom. The van der Waals surface area contributed by atoms with Crippen LogP contribution >= 0.6 is 0 Å². The third-order valence-electron chi connectivity index (χ3n) is 5.75. The van der Waals surface area contributed by atoms with Gasteiger partial charge in [0.2, 0.25) is 0 Å². The van der Waals surface area contributed by atoms with Gasteiger partial charge in [-0.25, -0.2) is 0 Å². The van der Waals surface area contributed by atoms with Gasteiger partial charge in [0, 0.05) is 31.3 Å². The van der Waals surface area contributed by atoms with E-state index in [1.54, 1.807) is 27.4 Å². The van der Waals surface area contributed by atoms with Crippen molar-refractivity contribution < 1.29 is 19.0 Å². The third-order valence-corrected chi connectivity index (χ3v) is 5.75. The van der Waals surface area contributed by atoms with Crippen LogP contribution in [-0.4, -0.2) is 45.2 Å². The van der Waals surface area contributed by atoms with E-state index in [2.05, 4.69) is 19.9 Å². The first-order valence-corrected chi connectivity index (χ1v) is 9.92. The molecule has 0 aromatic heterocycles. The standard InChI is InChI=1S/C23H29N3O4/c1-23(2)11-16-21(17(27)12-23)20(14-6-7-18(29-4)19(10-14)30-5)15(13-24)22(25)26(16)8-9-28-3/h6-7,10,20H,8-9,11-12,25H2,1-5H3/t20-/m0/s1. The number of Topliss-reactive ketones (excluding diaryl/α,β-unsaturated/α-hetero) is 1. The van der Waals surface area contributed by atoms with E-state index in [4.69, 9.17) is 19.9 Å². The van der Waals surface area contributed by atoms with Crippen LogP contribution in [-0.2, 0) is 9.53 Å².